The van der Waals surface area contributed by atoms with Gasteiger partial charge in [-0.1, -0.05) is 19.3 Å². The van der Waals surface area contributed by atoms with Crippen molar-refractivity contribution in [1.29, 1.82) is 0 Å². The molecule has 1 heterocycles. The van der Waals surface area contributed by atoms with Gasteiger partial charge >= 0.3 is 0 Å². The third-order valence-electron chi connectivity index (χ3n) is 3.25. The molecule has 2 rings (SSSR count). The number of nitrogens with one attached hydrogen (secondary N) is 1. The van der Waals surface area contributed by atoms with Crippen molar-refractivity contribution in [3.63, 3.8) is 0 Å². The number of carbonyl (C=O) groups is 1. The minimum atomic E-state index is -2.87. The van der Waals surface area contributed by atoms with Gasteiger partial charge in [0.05, 0.1) is 11.8 Å². The highest BCUT2D eigenvalue weighted by atomic mass is 32.3. The summed E-state index contributed by atoms with van der Waals surface area (Å²) in [5.41, 5.74) is 0. The van der Waals surface area contributed by atoms with Gasteiger partial charge in [0.2, 0.25) is 5.91 Å². The van der Waals surface area contributed by atoms with Gasteiger partial charge in [-0.3, -0.25) is 18.5 Å². The van der Waals surface area contributed by atoms with Crippen LogP contribution >= 0.6 is 10.8 Å². The molecule has 0 saturated heterocycles. The van der Waals surface area contributed by atoms with Gasteiger partial charge in [0.25, 0.3) is 0 Å². The van der Waals surface area contributed by atoms with E-state index in [1.54, 1.807) is 0 Å². The summed E-state index contributed by atoms with van der Waals surface area (Å²) in [7, 11) is -2.87. The minimum Gasteiger partial charge on any atom is -0.285 e. The highest BCUT2D eigenvalue weighted by Crippen LogP contribution is 2.46. The van der Waals surface area contributed by atoms with E-state index in [1.807, 2.05) is 0 Å². The van der Waals surface area contributed by atoms with Gasteiger partial charge in [-0.2, -0.15) is 0 Å². The number of nitrogens with zero attached hydrogens (tertiary/aromatic N) is 2. The summed E-state index contributed by atoms with van der Waals surface area (Å²) in [6.45, 7) is -0.0881. The molecule has 1 aromatic heterocycles. The van der Waals surface area contributed by atoms with Gasteiger partial charge in [-0.25, -0.2) is 9.71 Å². The second kappa shape index (κ2) is 5.83. The molecule has 6 nitrogen and oxygen atoms in total. The monoisotopic (exact) mass is 273 g/mol. The highest BCUT2D eigenvalue weighted by molar-refractivity contribution is 8.23. The van der Waals surface area contributed by atoms with Gasteiger partial charge in [0.1, 0.15) is 6.33 Å². The zero-order valence-electron chi connectivity index (χ0n) is 10.2. The quantitative estimate of drug-likeness (QED) is 0.782. The molecule has 0 radical (unpaired) electrons. The molecule has 0 bridgehead atoms. The molecule has 18 heavy (non-hydrogen) atoms. The fraction of sp³-hybridized carbons (Fsp3) is 0.636. The van der Waals surface area contributed by atoms with E-state index in [0.717, 1.165) is 32.1 Å². The van der Waals surface area contributed by atoms with E-state index in [4.69, 9.17) is 0 Å². The lowest BCUT2D eigenvalue weighted by atomic mass is 10.0. The summed E-state index contributed by atoms with van der Waals surface area (Å²) in [5.74, 6) is -0.247. The van der Waals surface area contributed by atoms with Crippen LogP contribution in [-0.2, 0) is 0 Å². The summed E-state index contributed by atoms with van der Waals surface area (Å²) < 4.78 is 24.0. The minimum absolute atomic E-state index is 0.0881. The number of hydrogen-bond acceptors (Lipinski definition) is 5. The predicted molar refractivity (Wildman–Crippen MR) is 70.6 cm³/mol. The maximum atomic E-state index is 11.7. The van der Waals surface area contributed by atoms with Crippen LogP contribution in [0.15, 0.2) is 18.7 Å². The van der Waals surface area contributed by atoms with Gasteiger partial charge in [-0.15, -0.1) is 10.8 Å². The van der Waals surface area contributed by atoms with Crippen molar-refractivity contribution in [2.45, 2.75) is 37.4 Å². The van der Waals surface area contributed by atoms with Crippen molar-refractivity contribution in [2.75, 3.05) is 6.54 Å². The fourth-order valence-corrected chi connectivity index (χ4v) is 3.74. The van der Waals surface area contributed by atoms with Crippen LogP contribution in [0.2, 0.25) is 0 Å². The van der Waals surface area contributed by atoms with Crippen LogP contribution in [0.4, 0.5) is 0 Å². The fourth-order valence-electron chi connectivity index (χ4n) is 2.18. The van der Waals surface area contributed by atoms with E-state index >= 15 is 0 Å². The first-order valence-electron chi connectivity index (χ1n) is 6.12. The number of aromatic nitrogens is 2. The smallest absolute Gasteiger partial charge is 0.247 e. The summed E-state index contributed by atoms with van der Waals surface area (Å²) >= 11 is 0. The van der Waals surface area contributed by atoms with E-state index in [1.165, 1.54) is 23.3 Å². The van der Waals surface area contributed by atoms with Gasteiger partial charge < -0.3 is 0 Å². The number of imidazole rings is 1. The largest absolute Gasteiger partial charge is 0.285 e. The lowest BCUT2D eigenvalue weighted by Gasteiger charge is -2.42. The summed E-state index contributed by atoms with van der Waals surface area (Å²) in [6.07, 6.45) is 9.28. The highest BCUT2D eigenvalue weighted by Gasteiger charge is 2.27. The van der Waals surface area contributed by atoms with Crippen LogP contribution in [0.1, 0.15) is 36.9 Å². The van der Waals surface area contributed by atoms with Crippen molar-refractivity contribution in [3.05, 3.63) is 18.7 Å². The van der Waals surface area contributed by atoms with E-state index in [-0.39, 0.29) is 17.7 Å². The Bertz CT molecular complexity index is 388. The van der Waals surface area contributed by atoms with E-state index in [2.05, 4.69) is 9.71 Å². The first-order chi connectivity index (χ1) is 8.59. The van der Waals surface area contributed by atoms with Crippen molar-refractivity contribution in [1.82, 2.24) is 14.3 Å². The normalized spacial score (nSPS) is 18.8. The van der Waals surface area contributed by atoms with Crippen LogP contribution in [0.25, 0.3) is 0 Å². The topological polar surface area (TPSA) is 87.4 Å². The average Bonchev–Trinajstić information content (AvgIpc) is 2.91. The molecule has 1 aromatic rings. The Morgan fingerprint density at radius 1 is 1.39 bits per heavy atom. The Morgan fingerprint density at radius 2 is 2.11 bits per heavy atom. The summed E-state index contributed by atoms with van der Waals surface area (Å²) in [4.78, 5) is 15.5. The predicted octanol–water partition coefficient (Wildman–Crippen LogP) is 2.11. The molecule has 7 heteroatoms. The van der Waals surface area contributed by atoms with Crippen LogP contribution in [0.5, 0.6) is 0 Å². The van der Waals surface area contributed by atoms with Crippen molar-refractivity contribution in [3.8, 4) is 0 Å². The van der Waals surface area contributed by atoms with Gasteiger partial charge in [-0.05, 0) is 12.8 Å². The first kappa shape index (κ1) is 13.5. The third-order valence-corrected chi connectivity index (χ3v) is 5.22. The SMILES string of the molecule is O=C(CNS(O)(O)C1CCCCC1)n1ccnc1. The molecule has 0 atom stereocenters. The third kappa shape index (κ3) is 3.32. The van der Waals surface area contributed by atoms with Gasteiger partial charge in [0.15, 0.2) is 0 Å². The Labute approximate surface area is 108 Å². The molecular formula is C11H19N3O3S. The molecule has 0 unspecified atom stereocenters. The summed E-state index contributed by atoms with van der Waals surface area (Å²) in [6, 6.07) is 0. The zero-order chi connectivity index (χ0) is 13.0. The van der Waals surface area contributed by atoms with Crippen LogP contribution in [0, 0.1) is 0 Å². The van der Waals surface area contributed by atoms with E-state index in [9.17, 15) is 13.9 Å². The molecule has 1 fully saturated rings. The van der Waals surface area contributed by atoms with Crippen LogP contribution in [-0.4, -0.2) is 36.4 Å². The zero-order valence-corrected chi connectivity index (χ0v) is 11.0. The van der Waals surface area contributed by atoms with Crippen molar-refractivity contribution in [2.24, 2.45) is 0 Å². The number of hydrogen-bond donors (Lipinski definition) is 3. The maximum absolute atomic E-state index is 11.7. The molecule has 0 aliphatic heterocycles. The van der Waals surface area contributed by atoms with E-state index < -0.39 is 10.8 Å². The number of rotatable bonds is 4. The Morgan fingerprint density at radius 3 is 2.72 bits per heavy atom. The van der Waals surface area contributed by atoms with Crippen molar-refractivity contribution < 1.29 is 13.9 Å². The molecule has 1 saturated carbocycles. The molecule has 0 spiro atoms. The number of carbonyl (C=O) groups excluding carboxylic acids is 1. The van der Waals surface area contributed by atoms with Crippen LogP contribution < -0.4 is 4.72 Å². The molecule has 3 N–H and O–H groups in total. The first-order valence-corrected chi connectivity index (χ1v) is 7.73. The standard InChI is InChI=1S/C11H19N3O3S/c15-11(14-7-6-12-9-14)8-13-18(16,17)10-4-2-1-3-5-10/h6-7,9-10,13,16-17H,1-5,8H2. The molecular weight excluding hydrogens is 254 g/mol. The lowest BCUT2D eigenvalue weighted by Crippen LogP contribution is -2.35. The van der Waals surface area contributed by atoms with E-state index in [0.29, 0.717) is 0 Å². The second-order valence-corrected chi connectivity index (χ2v) is 6.68. The molecule has 0 amide bonds. The Hall–Kier alpha value is -0.890. The Balaban J connectivity index is 1.86. The maximum Gasteiger partial charge on any atom is 0.247 e. The molecule has 0 aromatic carbocycles. The van der Waals surface area contributed by atoms with Crippen LogP contribution in [0.3, 0.4) is 0 Å². The van der Waals surface area contributed by atoms with Crippen molar-refractivity contribution >= 4 is 16.7 Å². The lowest BCUT2D eigenvalue weighted by molar-refractivity contribution is 0.0917. The molecule has 1 aliphatic rings. The molecule has 1 aliphatic carbocycles. The Kier molecular flexibility index (Phi) is 4.39. The average molecular weight is 273 g/mol. The molecule has 102 valence electrons. The van der Waals surface area contributed by atoms with Gasteiger partial charge in [0, 0.05) is 12.4 Å². The summed E-state index contributed by atoms with van der Waals surface area (Å²) in [5, 5.41) is -0.123. The second-order valence-electron chi connectivity index (χ2n) is 4.54.